The van der Waals surface area contributed by atoms with Gasteiger partial charge in [-0.05, 0) is 51.3 Å². The summed E-state index contributed by atoms with van der Waals surface area (Å²) in [5.74, 6) is 0.876. The number of nitrogen functional groups attached to an aromatic ring is 1. The van der Waals surface area contributed by atoms with Gasteiger partial charge in [0, 0.05) is 18.7 Å². The number of carbonyl (C=O) groups excluding carboxylic acids is 1. The summed E-state index contributed by atoms with van der Waals surface area (Å²) < 4.78 is 1.53. The van der Waals surface area contributed by atoms with E-state index in [-0.39, 0.29) is 17.5 Å². The van der Waals surface area contributed by atoms with E-state index in [1.807, 2.05) is 19.9 Å². The number of carbonyl (C=O) groups is 1. The van der Waals surface area contributed by atoms with E-state index in [4.69, 9.17) is 5.73 Å². The predicted molar refractivity (Wildman–Crippen MR) is 129 cm³/mol. The average molecular weight is 447 g/mol. The third kappa shape index (κ3) is 4.74. The Hall–Kier alpha value is -3.68. The predicted octanol–water partition coefficient (Wildman–Crippen LogP) is 3.12. The summed E-state index contributed by atoms with van der Waals surface area (Å²) in [6.07, 6.45) is 2.70. The molecular formula is C25H30N6O2. The summed E-state index contributed by atoms with van der Waals surface area (Å²) in [6.45, 7) is 8.37. The second-order valence-electron chi connectivity index (χ2n) is 8.81. The first-order valence-corrected chi connectivity index (χ1v) is 11.2. The van der Waals surface area contributed by atoms with Crippen molar-refractivity contribution in [2.45, 2.75) is 59.2 Å². The first kappa shape index (κ1) is 22.5. The SMILES string of the molecule is Cc1cc(C)cc(CNc2cnc3n(c2=O)[C@H](C(=O)N[C@H](C)c2ccc(N)nc2C)CC3)c1. The number of nitrogens with zero attached hydrogens (tertiary/aromatic N) is 3. The highest BCUT2D eigenvalue weighted by molar-refractivity contribution is 5.81. The maximum absolute atomic E-state index is 13.2. The van der Waals surface area contributed by atoms with Crippen molar-refractivity contribution in [1.29, 1.82) is 0 Å². The molecule has 0 unspecified atom stereocenters. The van der Waals surface area contributed by atoms with Gasteiger partial charge in [0.2, 0.25) is 5.91 Å². The first-order valence-electron chi connectivity index (χ1n) is 11.2. The minimum atomic E-state index is -0.590. The Bertz CT molecular complexity index is 1250. The van der Waals surface area contributed by atoms with E-state index in [2.05, 4.69) is 52.6 Å². The van der Waals surface area contributed by atoms with Crippen LogP contribution in [0.1, 0.15) is 59.2 Å². The molecule has 2 atom stereocenters. The molecule has 3 aromatic rings. The molecule has 8 heteroatoms. The normalized spacial score (nSPS) is 15.7. The highest BCUT2D eigenvalue weighted by Crippen LogP contribution is 2.25. The van der Waals surface area contributed by atoms with E-state index in [0.717, 1.165) is 16.8 Å². The highest BCUT2D eigenvalue weighted by atomic mass is 16.2. The summed E-state index contributed by atoms with van der Waals surface area (Å²) in [4.78, 5) is 35.1. The van der Waals surface area contributed by atoms with Crippen LogP contribution >= 0.6 is 0 Å². The van der Waals surface area contributed by atoms with Gasteiger partial charge in [0.05, 0.1) is 12.2 Å². The van der Waals surface area contributed by atoms with Crippen LogP contribution in [-0.2, 0) is 17.8 Å². The number of amides is 1. The topological polar surface area (TPSA) is 115 Å². The smallest absolute Gasteiger partial charge is 0.277 e. The zero-order valence-electron chi connectivity index (χ0n) is 19.5. The fraction of sp³-hybridized carbons (Fsp3) is 0.360. The van der Waals surface area contributed by atoms with Gasteiger partial charge in [-0.2, -0.15) is 0 Å². The lowest BCUT2D eigenvalue weighted by molar-refractivity contribution is -0.124. The summed E-state index contributed by atoms with van der Waals surface area (Å²) in [7, 11) is 0. The molecule has 1 amide bonds. The van der Waals surface area contributed by atoms with Crippen LogP contribution < -0.4 is 21.9 Å². The monoisotopic (exact) mass is 446 g/mol. The Labute approximate surface area is 193 Å². The number of rotatable bonds is 6. The molecule has 1 aliphatic rings. The van der Waals surface area contributed by atoms with Gasteiger partial charge < -0.3 is 16.4 Å². The molecule has 1 aliphatic heterocycles. The number of fused-ring (bicyclic) bond motifs is 1. The number of anilines is 2. The number of nitrogens with two attached hydrogens (primary N) is 1. The van der Waals surface area contributed by atoms with E-state index >= 15 is 0 Å². The molecule has 3 heterocycles. The van der Waals surface area contributed by atoms with Gasteiger partial charge in [-0.3, -0.25) is 14.2 Å². The number of benzene rings is 1. The first-order chi connectivity index (χ1) is 15.7. The van der Waals surface area contributed by atoms with Crippen LogP contribution in [0, 0.1) is 20.8 Å². The van der Waals surface area contributed by atoms with Crippen LogP contribution in [0.2, 0.25) is 0 Å². The van der Waals surface area contributed by atoms with Gasteiger partial charge in [0.25, 0.3) is 5.56 Å². The maximum Gasteiger partial charge on any atom is 0.277 e. The molecule has 4 rings (SSSR count). The van der Waals surface area contributed by atoms with Gasteiger partial charge in [0.1, 0.15) is 23.4 Å². The number of hydrogen-bond acceptors (Lipinski definition) is 6. The second kappa shape index (κ2) is 9.05. The van der Waals surface area contributed by atoms with Crippen LogP contribution in [0.3, 0.4) is 0 Å². The fourth-order valence-electron chi connectivity index (χ4n) is 4.58. The molecule has 0 bridgehead atoms. The highest BCUT2D eigenvalue weighted by Gasteiger charge is 2.32. The van der Waals surface area contributed by atoms with E-state index in [0.29, 0.717) is 36.7 Å². The lowest BCUT2D eigenvalue weighted by Crippen LogP contribution is -2.37. The third-order valence-corrected chi connectivity index (χ3v) is 6.06. The lowest BCUT2D eigenvalue weighted by atomic mass is 10.1. The second-order valence-corrected chi connectivity index (χ2v) is 8.81. The lowest BCUT2D eigenvalue weighted by Gasteiger charge is -2.20. The molecule has 172 valence electrons. The van der Waals surface area contributed by atoms with Crippen LogP contribution in [0.4, 0.5) is 11.5 Å². The number of aryl methyl sites for hydroxylation is 4. The van der Waals surface area contributed by atoms with Crippen LogP contribution in [0.25, 0.3) is 0 Å². The summed E-state index contributed by atoms with van der Waals surface area (Å²) in [5, 5.41) is 6.23. The quantitative estimate of drug-likeness (QED) is 0.536. The van der Waals surface area contributed by atoms with Gasteiger partial charge >= 0.3 is 0 Å². The minimum Gasteiger partial charge on any atom is -0.384 e. The molecule has 8 nitrogen and oxygen atoms in total. The molecule has 0 saturated heterocycles. The van der Waals surface area contributed by atoms with Crippen LogP contribution in [0.5, 0.6) is 0 Å². The van der Waals surface area contributed by atoms with Crippen LogP contribution in [-0.4, -0.2) is 20.4 Å². The Morgan fingerprint density at radius 2 is 1.94 bits per heavy atom. The Morgan fingerprint density at radius 3 is 2.64 bits per heavy atom. The van der Waals surface area contributed by atoms with Crippen molar-refractivity contribution >= 4 is 17.4 Å². The number of pyridine rings is 1. The number of aromatic nitrogens is 3. The molecule has 0 fully saturated rings. The maximum atomic E-state index is 13.2. The molecule has 1 aromatic carbocycles. The number of hydrogen-bond donors (Lipinski definition) is 3. The summed E-state index contributed by atoms with van der Waals surface area (Å²) in [6, 6.07) is 9.03. The van der Waals surface area contributed by atoms with Crippen molar-refractivity contribution in [1.82, 2.24) is 19.9 Å². The molecule has 0 radical (unpaired) electrons. The molecule has 2 aromatic heterocycles. The van der Waals surface area contributed by atoms with E-state index < -0.39 is 6.04 Å². The number of nitrogens with one attached hydrogen (secondary N) is 2. The zero-order chi connectivity index (χ0) is 23.7. The Morgan fingerprint density at radius 1 is 1.21 bits per heavy atom. The molecule has 0 spiro atoms. The molecular weight excluding hydrogens is 416 g/mol. The largest absolute Gasteiger partial charge is 0.384 e. The summed E-state index contributed by atoms with van der Waals surface area (Å²) in [5.41, 5.74) is 11.0. The van der Waals surface area contributed by atoms with Crippen molar-refractivity contribution in [3.8, 4) is 0 Å². The van der Waals surface area contributed by atoms with Crippen molar-refractivity contribution in [2.75, 3.05) is 11.1 Å². The van der Waals surface area contributed by atoms with Gasteiger partial charge in [-0.1, -0.05) is 35.4 Å². The van der Waals surface area contributed by atoms with Gasteiger partial charge in [0.15, 0.2) is 0 Å². The summed E-state index contributed by atoms with van der Waals surface area (Å²) >= 11 is 0. The van der Waals surface area contributed by atoms with E-state index in [9.17, 15) is 9.59 Å². The molecule has 4 N–H and O–H groups in total. The average Bonchev–Trinajstić information content (AvgIpc) is 3.17. The van der Waals surface area contributed by atoms with E-state index in [1.165, 1.54) is 15.7 Å². The molecule has 0 saturated carbocycles. The van der Waals surface area contributed by atoms with Crippen molar-refractivity contribution < 1.29 is 4.79 Å². The Balaban J connectivity index is 1.52. The van der Waals surface area contributed by atoms with Crippen molar-refractivity contribution in [2.24, 2.45) is 0 Å². The van der Waals surface area contributed by atoms with Gasteiger partial charge in [-0.25, -0.2) is 9.97 Å². The van der Waals surface area contributed by atoms with Crippen molar-refractivity contribution in [3.63, 3.8) is 0 Å². The van der Waals surface area contributed by atoms with Crippen molar-refractivity contribution in [3.05, 3.63) is 80.7 Å². The van der Waals surface area contributed by atoms with Gasteiger partial charge in [-0.15, -0.1) is 0 Å². The zero-order valence-corrected chi connectivity index (χ0v) is 19.5. The third-order valence-electron chi connectivity index (χ3n) is 6.06. The standard InChI is InChI=1S/C25H30N6O2/c1-14-9-15(2)11-18(10-14)12-27-20-13-28-23-8-6-21(31(23)25(20)33)24(32)30-17(4)19-5-7-22(26)29-16(19)3/h5,7,9-11,13,17,21,27H,6,8,12H2,1-4H3,(H2,26,29)(H,30,32)/t17-,21+/m1/s1. The minimum absolute atomic E-state index is 0.201. The van der Waals surface area contributed by atoms with Crippen LogP contribution in [0.15, 0.2) is 41.3 Å². The molecule has 33 heavy (non-hydrogen) atoms. The Kier molecular flexibility index (Phi) is 6.18. The molecule has 0 aliphatic carbocycles. The van der Waals surface area contributed by atoms with E-state index in [1.54, 1.807) is 12.3 Å². The fourth-order valence-corrected chi connectivity index (χ4v) is 4.58.